The van der Waals surface area contributed by atoms with Crippen LogP contribution in [0.4, 0.5) is 0 Å². The Balaban J connectivity index is 2.06. The highest BCUT2D eigenvalue weighted by atomic mass is 32.2. The lowest BCUT2D eigenvalue weighted by Gasteiger charge is -2.45. The monoisotopic (exact) mass is 485 g/mol. The molecule has 2 fully saturated rings. The Labute approximate surface area is 187 Å². The van der Waals surface area contributed by atoms with E-state index in [0.717, 1.165) is 0 Å². The fraction of sp³-hybridized carbons (Fsp3) is 0.947. The van der Waals surface area contributed by atoms with Gasteiger partial charge in [0.2, 0.25) is 0 Å². The van der Waals surface area contributed by atoms with E-state index in [1.165, 1.54) is 0 Å². The Morgan fingerprint density at radius 1 is 0.875 bits per heavy atom. The van der Waals surface area contributed by atoms with Crippen LogP contribution < -0.4 is 4.72 Å². The topological polar surface area (TPSA) is 192 Å². The van der Waals surface area contributed by atoms with Gasteiger partial charge in [0.15, 0.2) is 6.10 Å². The first-order valence-corrected chi connectivity index (χ1v) is 12.1. The second-order valence-corrected chi connectivity index (χ2v) is 9.94. The molecule has 10 atom stereocenters. The zero-order chi connectivity index (χ0) is 24.2. The highest BCUT2D eigenvalue weighted by Crippen LogP contribution is 2.36. The van der Waals surface area contributed by atoms with E-state index in [9.17, 15) is 38.2 Å². The Bertz CT molecular complexity index is 720. The van der Waals surface area contributed by atoms with Gasteiger partial charge in [0, 0.05) is 18.4 Å². The maximum absolute atomic E-state index is 11.6. The van der Waals surface area contributed by atoms with Crippen LogP contribution in [0, 0.1) is 29.6 Å². The van der Waals surface area contributed by atoms with Gasteiger partial charge in [-0.05, 0) is 17.8 Å². The molecule has 6 N–H and O–H groups in total. The predicted molar refractivity (Wildman–Crippen MR) is 110 cm³/mol. The van der Waals surface area contributed by atoms with Crippen LogP contribution in [-0.2, 0) is 29.3 Å². The van der Waals surface area contributed by atoms with Crippen LogP contribution in [0.25, 0.3) is 0 Å². The third-order valence-electron chi connectivity index (χ3n) is 6.96. The molecule has 0 spiro atoms. The molecule has 0 radical (unpaired) electrons. The second-order valence-electron chi connectivity index (χ2n) is 8.76. The molecule has 0 aromatic carbocycles. The number of carboxylic acid groups (broad SMARTS) is 1. The minimum absolute atomic E-state index is 0.0380. The van der Waals surface area contributed by atoms with Crippen molar-refractivity contribution >= 4 is 16.3 Å². The van der Waals surface area contributed by atoms with Crippen LogP contribution in [0.5, 0.6) is 0 Å². The Kier molecular flexibility index (Phi) is 9.82. The molecular weight excluding hydrogens is 450 g/mol. The standard InChI is InChI=1S/C19H35NO11S/c1-9-10(2)16(31-18(19(24)25)12(9)4-21)8-29-7-13-11(3)17(20-32(26,27)28)15(6-23)30-14(13)5-22/h9-18,20-23H,4-8H2,1-3H3,(H,24,25)(H,26,27,28)/t9-,10?,11+,12-,13-,14?,15+,16+,17?,18?/m1/s1. The van der Waals surface area contributed by atoms with Crippen LogP contribution in [0.3, 0.4) is 0 Å². The molecule has 2 saturated heterocycles. The van der Waals surface area contributed by atoms with E-state index in [0.29, 0.717) is 0 Å². The number of nitrogens with one attached hydrogen (secondary N) is 1. The Morgan fingerprint density at radius 3 is 2.00 bits per heavy atom. The molecule has 0 bridgehead atoms. The van der Waals surface area contributed by atoms with Crippen molar-refractivity contribution in [2.45, 2.75) is 51.2 Å². The molecule has 0 amide bonds. The van der Waals surface area contributed by atoms with E-state index in [-0.39, 0.29) is 38.3 Å². The van der Waals surface area contributed by atoms with Gasteiger partial charge in [-0.3, -0.25) is 4.55 Å². The number of carboxylic acids is 1. The van der Waals surface area contributed by atoms with E-state index in [1.54, 1.807) is 6.92 Å². The maximum Gasteiger partial charge on any atom is 0.333 e. The van der Waals surface area contributed by atoms with Crippen LogP contribution >= 0.6 is 0 Å². The molecule has 188 valence electrons. The fourth-order valence-electron chi connectivity index (χ4n) is 4.73. The summed E-state index contributed by atoms with van der Waals surface area (Å²) in [4.78, 5) is 11.6. The summed E-state index contributed by atoms with van der Waals surface area (Å²) in [6.07, 6.45) is -3.40. The van der Waals surface area contributed by atoms with E-state index >= 15 is 0 Å². The van der Waals surface area contributed by atoms with Crippen molar-refractivity contribution in [1.29, 1.82) is 0 Å². The normalized spacial score (nSPS) is 40.8. The summed E-state index contributed by atoms with van der Waals surface area (Å²) in [5, 5.41) is 38.3. The van der Waals surface area contributed by atoms with Crippen LogP contribution in [0.2, 0.25) is 0 Å². The summed E-state index contributed by atoms with van der Waals surface area (Å²) in [6, 6.07) is -0.946. The molecule has 2 aliphatic heterocycles. The third-order valence-corrected chi connectivity index (χ3v) is 7.53. The fourth-order valence-corrected chi connectivity index (χ4v) is 5.45. The molecule has 32 heavy (non-hydrogen) atoms. The predicted octanol–water partition coefficient (Wildman–Crippen LogP) is -1.50. The number of aliphatic hydroxyl groups excluding tert-OH is 3. The van der Waals surface area contributed by atoms with Gasteiger partial charge in [-0.15, -0.1) is 0 Å². The molecule has 0 saturated carbocycles. The van der Waals surface area contributed by atoms with E-state index < -0.39 is 71.1 Å². The number of hydrogen-bond donors (Lipinski definition) is 6. The Morgan fingerprint density at radius 2 is 1.50 bits per heavy atom. The highest BCUT2D eigenvalue weighted by molar-refractivity contribution is 7.83. The summed E-state index contributed by atoms with van der Waals surface area (Å²) in [7, 11) is -4.56. The molecule has 2 heterocycles. The van der Waals surface area contributed by atoms with Crippen LogP contribution in [-0.4, -0.2) is 103 Å². The minimum Gasteiger partial charge on any atom is -0.479 e. The molecule has 4 unspecified atom stereocenters. The number of aliphatic hydroxyl groups is 3. The molecular formula is C19H35NO11S. The molecule has 2 aliphatic rings. The van der Waals surface area contributed by atoms with E-state index in [4.69, 9.17) is 14.2 Å². The second kappa shape index (κ2) is 11.5. The van der Waals surface area contributed by atoms with E-state index in [1.807, 2.05) is 13.8 Å². The summed E-state index contributed by atoms with van der Waals surface area (Å²) in [5.41, 5.74) is 0. The van der Waals surface area contributed by atoms with Crippen molar-refractivity contribution in [2.24, 2.45) is 29.6 Å². The quantitative estimate of drug-likeness (QED) is 0.197. The number of hydrogen-bond acceptors (Lipinski definition) is 9. The zero-order valence-electron chi connectivity index (χ0n) is 18.4. The van der Waals surface area contributed by atoms with Crippen molar-refractivity contribution in [3.8, 4) is 0 Å². The molecule has 12 nitrogen and oxygen atoms in total. The van der Waals surface area contributed by atoms with Gasteiger partial charge < -0.3 is 34.6 Å². The van der Waals surface area contributed by atoms with Crippen molar-refractivity contribution in [3.63, 3.8) is 0 Å². The maximum atomic E-state index is 11.6. The minimum atomic E-state index is -4.56. The number of aliphatic carboxylic acids is 1. The lowest BCUT2D eigenvalue weighted by molar-refractivity contribution is -0.198. The van der Waals surface area contributed by atoms with Crippen molar-refractivity contribution in [1.82, 2.24) is 4.72 Å². The first-order chi connectivity index (χ1) is 14.9. The molecule has 0 aliphatic carbocycles. The van der Waals surface area contributed by atoms with Gasteiger partial charge in [-0.2, -0.15) is 13.1 Å². The average molecular weight is 486 g/mol. The summed E-state index contributed by atoms with van der Waals surface area (Å²) in [5.74, 6) is -2.88. The summed E-state index contributed by atoms with van der Waals surface area (Å²) in [6.45, 7) is 4.31. The van der Waals surface area contributed by atoms with Gasteiger partial charge in [0.1, 0.15) is 0 Å². The van der Waals surface area contributed by atoms with Gasteiger partial charge in [0.25, 0.3) is 0 Å². The van der Waals surface area contributed by atoms with Crippen LogP contribution in [0.15, 0.2) is 0 Å². The molecule has 13 heteroatoms. The number of rotatable bonds is 10. The van der Waals surface area contributed by atoms with Crippen molar-refractivity contribution in [2.75, 3.05) is 33.0 Å². The largest absolute Gasteiger partial charge is 0.479 e. The van der Waals surface area contributed by atoms with Gasteiger partial charge in [-0.1, -0.05) is 20.8 Å². The third kappa shape index (κ3) is 6.36. The number of carbonyl (C=O) groups is 1. The van der Waals surface area contributed by atoms with Gasteiger partial charge in [-0.25, -0.2) is 4.79 Å². The zero-order valence-corrected chi connectivity index (χ0v) is 19.2. The molecule has 0 aromatic heterocycles. The smallest absolute Gasteiger partial charge is 0.333 e. The molecule has 0 aromatic rings. The SMILES string of the molecule is CC1[C@H](COC[C@H]2C(CO)O[C@@H](CO)C(NS(=O)(=O)O)[C@H]2C)OC(C(=O)O)[C@H](CO)[C@@H]1C. The van der Waals surface area contributed by atoms with Gasteiger partial charge in [0.05, 0.1) is 50.8 Å². The summed E-state index contributed by atoms with van der Waals surface area (Å²) < 4.78 is 51.0. The average Bonchev–Trinajstić information content (AvgIpc) is 2.72. The highest BCUT2D eigenvalue weighted by Gasteiger charge is 2.46. The van der Waals surface area contributed by atoms with E-state index in [2.05, 4.69) is 4.72 Å². The first-order valence-electron chi connectivity index (χ1n) is 10.6. The Hall–Kier alpha value is -0.900. The van der Waals surface area contributed by atoms with Crippen molar-refractivity contribution < 1.29 is 52.4 Å². The van der Waals surface area contributed by atoms with Gasteiger partial charge >= 0.3 is 16.3 Å². The number of ether oxygens (including phenoxy) is 3. The van der Waals surface area contributed by atoms with Crippen molar-refractivity contribution in [3.05, 3.63) is 0 Å². The lowest BCUT2D eigenvalue weighted by Crippen LogP contribution is -2.60. The summed E-state index contributed by atoms with van der Waals surface area (Å²) >= 11 is 0. The van der Waals surface area contributed by atoms with Crippen LogP contribution in [0.1, 0.15) is 20.8 Å². The lowest BCUT2D eigenvalue weighted by atomic mass is 9.76. The molecule has 2 rings (SSSR count). The first kappa shape index (κ1) is 27.3.